The monoisotopic (exact) mass is 239 g/mol. The third kappa shape index (κ3) is 3.54. The number of nitrogens with one attached hydrogen (secondary N) is 1. The summed E-state index contributed by atoms with van der Waals surface area (Å²) in [6, 6.07) is 0.612. The number of methoxy groups -OCH3 is 1. The van der Waals surface area contributed by atoms with E-state index in [1.807, 2.05) is 0 Å². The molecule has 98 valence electrons. The molecule has 1 N–H and O–H groups in total. The maximum atomic E-state index is 5.45. The summed E-state index contributed by atoms with van der Waals surface area (Å²) in [5, 5.41) is 3.59. The standard InChI is InChI=1S/C14H25NO2/c1-11(15-5-6-17-8-7-16-2)14-10-12-3-4-13(14)9-12/h3-4,11-15H,5-10H2,1-2H3. The van der Waals surface area contributed by atoms with Crippen molar-refractivity contribution in [3.8, 4) is 0 Å². The summed E-state index contributed by atoms with van der Waals surface area (Å²) in [6.45, 7) is 5.43. The van der Waals surface area contributed by atoms with E-state index in [1.165, 1.54) is 12.8 Å². The van der Waals surface area contributed by atoms with Gasteiger partial charge in [0.05, 0.1) is 19.8 Å². The lowest BCUT2D eigenvalue weighted by Crippen LogP contribution is -2.37. The van der Waals surface area contributed by atoms with Gasteiger partial charge in [-0.3, -0.25) is 0 Å². The molecule has 3 heteroatoms. The molecule has 1 fully saturated rings. The highest BCUT2D eigenvalue weighted by atomic mass is 16.5. The van der Waals surface area contributed by atoms with Crippen molar-refractivity contribution in [1.29, 1.82) is 0 Å². The second kappa shape index (κ2) is 6.53. The molecular formula is C14H25NO2. The van der Waals surface area contributed by atoms with Crippen molar-refractivity contribution >= 4 is 0 Å². The minimum Gasteiger partial charge on any atom is -0.382 e. The summed E-state index contributed by atoms with van der Waals surface area (Å²) >= 11 is 0. The van der Waals surface area contributed by atoms with Crippen molar-refractivity contribution in [3.05, 3.63) is 12.2 Å². The van der Waals surface area contributed by atoms with Gasteiger partial charge >= 0.3 is 0 Å². The van der Waals surface area contributed by atoms with Crippen LogP contribution >= 0.6 is 0 Å². The lowest BCUT2D eigenvalue weighted by molar-refractivity contribution is 0.0702. The van der Waals surface area contributed by atoms with Gasteiger partial charge in [-0.1, -0.05) is 12.2 Å². The molecular weight excluding hydrogens is 214 g/mol. The molecule has 4 unspecified atom stereocenters. The van der Waals surface area contributed by atoms with Crippen LogP contribution in [0.5, 0.6) is 0 Å². The molecule has 3 nitrogen and oxygen atoms in total. The van der Waals surface area contributed by atoms with Gasteiger partial charge in [-0.25, -0.2) is 0 Å². The molecule has 2 bridgehead atoms. The van der Waals surface area contributed by atoms with Crippen LogP contribution in [0, 0.1) is 17.8 Å². The van der Waals surface area contributed by atoms with E-state index in [4.69, 9.17) is 9.47 Å². The van der Waals surface area contributed by atoms with Crippen LogP contribution in [0.4, 0.5) is 0 Å². The SMILES string of the molecule is COCCOCCNC(C)C1CC2C=CC1C2. The molecule has 4 atom stereocenters. The van der Waals surface area contributed by atoms with E-state index in [0.29, 0.717) is 19.3 Å². The third-order valence-electron chi connectivity index (χ3n) is 4.12. The highest BCUT2D eigenvalue weighted by molar-refractivity contribution is 5.11. The maximum absolute atomic E-state index is 5.45. The number of ether oxygens (including phenoxy) is 2. The molecule has 1 saturated carbocycles. The summed E-state index contributed by atoms with van der Waals surface area (Å²) < 4.78 is 10.4. The van der Waals surface area contributed by atoms with Crippen molar-refractivity contribution in [2.45, 2.75) is 25.8 Å². The molecule has 0 amide bonds. The van der Waals surface area contributed by atoms with Crippen molar-refractivity contribution < 1.29 is 9.47 Å². The number of allylic oxidation sites excluding steroid dienone is 2. The predicted molar refractivity (Wildman–Crippen MR) is 69.0 cm³/mol. The van der Waals surface area contributed by atoms with Gasteiger partial charge < -0.3 is 14.8 Å². The quantitative estimate of drug-likeness (QED) is 0.518. The van der Waals surface area contributed by atoms with Gasteiger partial charge in [-0.2, -0.15) is 0 Å². The highest BCUT2D eigenvalue weighted by Gasteiger charge is 2.38. The average molecular weight is 239 g/mol. The minimum atomic E-state index is 0.612. The first-order chi connectivity index (χ1) is 8.31. The summed E-state index contributed by atoms with van der Waals surface area (Å²) in [4.78, 5) is 0. The van der Waals surface area contributed by atoms with Crippen molar-refractivity contribution in [2.24, 2.45) is 17.8 Å². The van der Waals surface area contributed by atoms with Crippen LogP contribution in [-0.2, 0) is 9.47 Å². The Labute approximate surface area is 105 Å². The van der Waals surface area contributed by atoms with Crippen LogP contribution < -0.4 is 5.32 Å². The van der Waals surface area contributed by atoms with Crippen LogP contribution in [-0.4, -0.2) is 39.5 Å². The van der Waals surface area contributed by atoms with Gasteiger partial charge in [0.2, 0.25) is 0 Å². The Bertz CT molecular complexity index is 255. The van der Waals surface area contributed by atoms with Crippen LogP contribution in [0.25, 0.3) is 0 Å². The lowest BCUT2D eigenvalue weighted by Gasteiger charge is -2.26. The molecule has 0 heterocycles. The number of rotatable bonds is 8. The Kier molecular flexibility index (Phi) is 5.01. The first kappa shape index (κ1) is 13.1. The van der Waals surface area contributed by atoms with Crippen LogP contribution in [0.2, 0.25) is 0 Å². The molecule has 17 heavy (non-hydrogen) atoms. The maximum Gasteiger partial charge on any atom is 0.0700 e. The second-order valence-electron chi connectivity index (χ2n) is 5.29. The van der Waals surface area contributed by atoms with Gasteiger partial charge in [0.1, 0.15) is 0 Å². The van der Waals surface area contributed by atoms with Crippen LogP contribution in [0.1, 0.15) is 19.8 Å². The summed E-state index contributed by atoms with van der Waals surface area (Å²) in [5.41, 5.74) is 0. The number of hydrogen-bond acceptors (Lipinski definition) is 3. The molecule has 0 aromatic carbocycles. The van der Waals surface area contributed by atoms with E-state index < -0.39 is 0 Å². The zero-order valence-electron chi connectivity index (χ0n) is 11.0. The summed E-state index contributed by atoms with van der Waals surface area (Å²) in [7, 11) is 1.70. The van der Waals surface area contributed by atoms with Gasteiger partial charge in [0.25, 0.3) is 0 Å². The normalized spacial score (nSPS) is 32.2. The highest BCUT2D eigenvalue weighted by Crippen LogP contribution is 2.44. The van der Waals surface area contributed by atoms with Crippen molar-refractivity contribution in [1.82, 2.24) is 5.32 Å². The third-order valence-corrected chi connectivity index (χ3v) is 4.12. The van der Waals surface area contributed by atoms with E-state index in [2.05, 4.69) is 24.4 Å². The zero-order valence-corrected chi connectivity index (χ0v) is 11.0. The van der Waals surface area contributed by atoms with Gasteiger partial charge in [-0.05, 0) is 37.5 Å². The van der Waals surface area contributed by atoms with Gasteiger partial charge in [0, 0.05) is 19.7 Å². The van der Waals surface area contributed by atoms with E-state index in [0.717, 1.165) is 30.9 Å². The summed E-state index contributed by atoms with van der Waals surface area (Å²) in [5.74, 6) is 2.54. The van der Waals surface area contributed by atoms with E-state index in [9.17, 15) is 0 Å². The molecule has 0 aliphatic heterocycles. The van der Waals surface area contributed by atoms with Crippen LogP contribution in [0.3, 0.4) is 0 Å². The largest absolute Gasteiger partial charge is 0.382 e. The first-order valence-corrected chi connectivity index (χ1v) is 6.79. The Morgan fingerprint density at radius 3 is 2.76 bits per heavy atom. The Balaban J connectivity index is 1.55. The molecule has 0 aromatic rings. The Morgan fingerprint density at radius 2 is 2.12 bits per heavy atom. The molecule has 0 spiro atoms. The minimum absolute atomic E-state index is 0.612. The van der Waals surface area contributed by atoms with Crippen molar-refractivity contribution in [3.63, 3.8) is 0 Å². The van der Waals surface area contributed by atoms with E-state index in [1.54, 1.807) is 7.11 Å². The zero-order chi connectivity index (χ0) is 12.1. The lowest BCUT2D eigenvalue weighted by atomic mass is 9.87. The fraction of sp³-hybridized carbons (Fsp3) is 0.857. The Morgan fingerprint density at radius 1 is 1.24 bits per heavy atom. The molecule has 0 radical (unpaired) electrons. The second-order valence-corrected chi connectivity index (χ2v) is 5.29. The topological polar surface area (TPSA) is 30.5 Å². The van der Waals surface area contributed by atoms with Crippen molar-refractivity contribution in [2.75, 3.05) is 33.5 Å². The molecule has 2 aliphatic carbocycles. The fourth-order valence-electron chi connectivity index (χ4n) is 3.15. The molecule has 0 aromatic heterocycles. The number of hydrogen-bond donors (Lipinski definition) is 1. The Hall–Kier alpha value is -0.380. The summed E-state index contributed by atoms with van der Waals surface area (Å²) in [6.07, 6.45) is 7.59. The predicted octanol–water partition coefficient (Wildman–Crippen LogP) is 1.84. The van der Waals surface area contributed by atoms with Gasteiger partial charge in [-0.15, -0.1) is 0 Å². The van der Waals surface area contributed by atoms with E-state index in [-0.39, 0.29) is 0 Å². The number of fused-ring (bicyclic) bond motifs is 2. The molecule has 0 saturated heterocycles. The molecule has 2 rings (SSSR count). The smallest absolute Gasteiger partial charge is 0.0700 e. The van der Waals surface area contributed by atoms with Crippen LogP contribution in [0.15, 0.2) is 12.2 Å². The average Bonchev–Trinajstić information content (AvgIpc) is 2.95. The van der Waals surface area contributed by atoms with Gasteiger partial charge in [0.15, 0.2) is 0 Å². The van der Waals surface area contributed by atoms with E-state index >= 15 is 0 Å². The first-order valence-electron chi connectivity index (χ1n) is 6.79. The molecule has 2 aliphatic rings. The fourth-order valence-corrected chi connectivity index (χ4v) is 3.15.